The summed E-state index contributed by atoms with van der Waals surface area (Å²) in [6, 6.07) is 3.78. The topological polar surface area (TPSA) is 60.7 Å². The van der Waals surface area contributed by atoms with Crippen molar-refractivity contribution in [1.82, 2.24) is 19.5 Å². The lowest BCUT2D eigenvalue weighted by atomic mass is 10.2. The number of aromatic nitrogens is 4. The molecule has 20 heavy (non-hydrogen) atoms. The van der Waals surface area contributed by atoms with Gasteiger partial charge in [-0.15, -0.1) is 11.3 Å². The lowest BCUT2D eigenvalue weighted by Gasteiger charge is -2.06. The molecule has 0 aliphatic rings. The summed E-state index contributed by atoms with van der Waals surface area (Å²) in [6.45, 7) is 4.82. The Morgan fingerprint density at radius 3 is 2.95 bits per heavy atom. The Bertz CT molecular complexity index is 792. The third-order valence-corrected chi connectivity index (χ3v) is 3.94. The minimum atomic E-state index is -0.0173. The molecule has 6 heteroatoms. The van der Waals surface area contributed by atoms with Crippen LogP contribution in [0.1, 0.15) is 13.8 Å². The normalized spacial score (nSPS) is 11.3. The van der Waals surface area contributed by atoms with E-state index < -0.39 is 0 Å². The molecule has 3 rings (SSSR count). The van der Waals surface area contributed by atoms with Crippen LogP contribution in [0, 0.1) is 5.92 Å². The Labute approximate surface area is 120 Å². The molecule has 0 unspecified atom stereocenters. The Morgan fingerprint density at radius 1 is 1.40 bits per heavy atom. The summed E-state index contributed by atoms with van der Waals surface area (Å²) in [6.07, 6.45) is 5.03. The maximum Gasteiger partial charge on any atom is 0.273 e. The van der Waals surface area contributed by atoms with Crippen LogP contribution in [0.25, 0.3) is 20.9 Å². The molecule has 0 atom stereocenters. The van der Waals surface area contributed by atoms with Crippen molar-refractivity contribution in [2.24, 2.45) is 5.92 Å². The van der Waals surface area contributed by atoms with Crippen LogP contribution in [0.3, 0.4) is 0 Å². The zero-order valence-corrected chi connectivity index (χ0v) is 12.1. The first kappa shape index (κ1) is 12.9. The molecule has 0 saturated carbocycles. The van der Waals surface area contributed by atoms with E-state index in [0.29, 0.717) is 22.8 Å². The van der Waals surface area contributed by atoms with Crippen LogP contribution in [-0.4, -0.2) is 19.5 Å². The summed E-state index contributed by atoms with van der Waals surface area (Å²) in [5, 5.41) is 0.778. The van der Waals surface area contributed by atoms with Crippen molar-refractivity contribution < 1.29 is 0 Å². The van der Waals surface area contributed by atoms with Crippen molar-refractivity contribution in [2.75, 3.05) is 0 Å². The van der Waals surface area contributed by atoms with Crippen molar-refractivity contribution >= 4 is 21.7 Å². The molecular formula is C14H14N4OS. The fraction of sp³-hybridized carbons (Fsp3) is 0.286. The van der Waals surface area contributed by atoms with Gasteiger partial charge in [-0.1, -0.05) is 13.8 Å². The first-order chi connectivity index (χ1) is 9.65. The zero-order valence-electron chi connectivity index (χ0n) is 11.3. The predicted molar refractivity (Wildman–Crippen MR) is 79.7 cm³/mol. The number of rotatable bonds is 3. The molecule has 3 aromatic rings. The monoisotopic (exact) mass is 286 g/mol. The highest BCUT2D eigenvalue weighted by Crippen LogP contribution is 2.26. The van der Waals surface area contributed by atoms with Crippen molar-refractivity contribution in [2.45, 2.75) is 20.4 Å². The number of nitrogens with zero attached hydrogens (tertiary/aromatic N) is 4. The van der Waals surface area contributed by atoms with Gasteiger partial charge < -0.3 is 0 Å². The highest BCUT2D eigenvalue weighted by Gasteiger charge is 2.12. The van der Waals surface area contributed by atoms with E-state index in [-0.39, 0.29) is 5.56 Å². The molecule has 0 bridgehead atoms. The van der Waals surface area contributed by atoms with Gasteiger partial charge >= 0.3 is 0 Å². The summed E-state index contributed by atoms with van der Waals surface area (Å²) < 4.78 is 2.25. The van der Waals surface area contributed by atoms with Crippen molar-refractivity contribution in [1.29, 1.82) is 0 Å². The maximum absolute atomic E-state index is 12.4. The van der Waals surface area contributed by atoms with Gasteiger partial charge in [-0.2, -0.15) is 0 Å². The van der Waals surface area contributed by atoms with Crippen LogP contribution in [-0.2, 0) is 6.54 Å². The average molecular weight is 286 g/mol. The van der Waals surface area contributed by atoms with E-state index in [1.54, 1.807) is 23.3 Å². The minimum Gasteiger partial charge on any atom is -0.298 e. The predicted octanol–water partition coefficient (Wildman–Crippen LogP) is 2.57. The van der Waals surface area contributed by atoms with Gasteiger partial charge in [0, 0.05) is 24.5 Å². The SMILES string of the molecule is CC(C)Cn1cnc2nc(-c3cccnc3)sc2c1=O. The molecule has 0 fully saturated rings. The summed E-state index contributed by atoms with van der Waals surface area (Å²) >= 11 is 1.37. The van der Waals surface area contributed by atoms with Gasteiger partial charge in [-0.25, -0.2) is 9.97 Å². The van der Waals surface area contributed by atoms with Crippen molar-refractivity contribution in [3.63, 3.8) is 0 Å². The molecule has 0 aliphatic heterocycles. The van der Waals surface area contributed by atoms with Crippen molar-refractivity contribution in [3.8, 4) is 10.6 Å². The average Bonchev–Trinajstić information content (AvgIpc) is 2.87. The van der Waals surface area contributed by atoms with E-state index in [2.05, 4.69) is 28.8 Å². The highest BCUT2D eigenvalue weighted by atomic mass is 32.1. The molecule has 0 amide bonds. The van der Waals surface area contributed by atoms with E-state index in [9.17, 15) is 4.79 Å². The third kappa shape index (κ3) is 2.34. The molecule has 102 valence electrons. The van der Waals surface area contributed by atoms with E-state index in [4.69, 9.17) is 0 Å². The highest BCUT2D eigenvalue weighted by molar-refractivity contribution is 7.21. The van der Waals surface area contributed by atoms with Crippen LogP contribution in [0.2, 0.25) is 0 Å². The van der Waals surface area contributed by atoms with Crippen LogP contribution in [0.4, 0.5) is 0 Å². The van der Waals surface area contributed by atoms with Crippen molar-refractivity contribution in [3.05, 3.63) is 41.2 Å². The van der Waals surface area contributed by atoms with Gasteiger partial charge in [0.2, 0.25) is 0 Å². The second-order valence-electron chi connectivity index (χ2n) is 5.01. The Morgan fingerprint density at radius 2 is 2.25 bits per heavy atom. The second kappa shape index (κ2) is 5.13. The fourth-order valence-corrected chi connectivity index (χ4v) is 2.94. The molecule has 0 radical (unpaired) electrons. The smallest absolute Gasteiger partial charge is 0.273 e. The number of fused-ring (bicyclic) bond motifs is 1. The summed E-state index contributed by atoms with van der Waals surface area (Å²) in [7, 11) is 0. The Balaban J connectivity index is 2.12. The van der Waals surface area contributed by atoms with Crippen LogP contribution in [0.15, 0.2) is 35.6 Å². The number of pyridine rings is 1. The molecular weight excluding hydrogens is 272 g/mol. The molecule has 3 aromatic heterocycles. The standard InChI is InChI=1S/C14H14N4OS/c1-9(2)7-18-8-16-12-11(14(18)19)20-13(17-12)10-4-3-5-15-6-10/h3-6,8-9H,7H2,1-2H3. The minimum absolute atomic E-state index is 0.0173. The zero-order chi connectivity index (χ0) is 14.1. The Kier molecular flexibility index (Phi) is 3.31. The number of hydrogen-bond acceptors (Lipinski definition) is 5. The van der Waals surface area contributed by atoms with Gasteiger partial charge in [-0.3, -0.25) is 14.3 Å². The first-order valence-electron chi connectivity index (χ1n) is 6.41. The van der Waals surface area contributed by atoms with E-state index in [1.807, 2.05) is 12.1 Å². The van der Waals surface area contributed by atoms with Gasteiger partial charge in [0.05, 0.1) is 0 Å². The number of thiazole rings is 1. The Hall–Kier alpha value is -2.08. The lowest BCUT2D eigenvalue weighted by molar-refractivity contribution is 0.508. The quantitative estimate of drug-likeness (QED) is 0.742. The second-order valence-corrected chi connectivity index (χ2v) is 6.01. The summed E-state index contributed by atoms with van der Waals surface area (Å²) in [5.41, 5.74) is 1.40. The molecule has 0 N–H and O–H groups in total. The van der Waals surface area contributed by atoms with Gasteiger partial charge in [0.25, 0.3) is 5.56 Å². The van der Waals surface area contributed by atoms with Gasteiger partial charge in [-0.05, 0) is 18.1 Å². The summed E-state index contributed by atoms with van der Waals surface area (Å²) in [4.78, 5) is 25.2. The van der Waals surface area contributed by atoms with Gasteiger partial charge in [0.15, 0.2) is 5.65 Å². The van der Waals surface area contributed by atoms with E-state index in [0.717, 1.165) is 10.6 Å². The number of hydrogen-bond donors (Lipinski definition) is 0. The van der Waals surface area contributed by atoms with Crippen LogP contribution >= 0.6 is 11.3 Å². The fourth-order valence-electron chi connectivity index (χ4n) is 1.98. The summed E-state index contributed by atoms with van der Waals surface area (Å²) in [5.74, 6) is 0.401. The lowest BCUT2D eigenvalue weighted by Crippen LogP contribution is -2.22. The molecule has 3 heterocycles. The maximum atomic E-state index is 12.4. The molecule has 5 nitrogen and oxygen atoms in total. The third-order valence-electron chi connectivity index (χ3n) is 2.85. The van der Waals surface area contributed by atoms with E-state index >= 15 is 0 Å². The molecule has 0 aromatic carbocycles. The van der Waals surface area contributed by atoms with Gasteiger partial charge in [0.1, 0.15) is 16.0 Å². The van der Waals surface area contributed by atoms with Crippen LogP contribution < -0.4 is 5.56 Å². The molecule has 0 saturated heterocycles. The first-order valence-corrected chi connectivity index (χ1v) is 7.23. The van der Waals surface area contributed by atoms with Crippen LogP contribution in [0.5, 0.6) is 0 Å². The van der Waals surface area contributed by atoms with E-state index in [1.165, 1.54) is 11.3 Å². The largest absolute Gasteiger partial charge is 0.298 e. The molecule has 0 aliphatic carbocycles. The molecule has 0 spiro atoms.